The summed E-state index contributed by atoms with van der Waals surface area (Å²) in [5.41, 5.74) is 9.75. The first kappa shape index (κ1) is 18.2. The van der Waals surface area contributed by atoms with E-state index in [4.69, 9.17) is 5.73 Å². The second kappa shape index (κ2) is 9.18. The van der Waals surface area contributed by atoms with E-state index in [0.717, 1.165) is 19.5 Å². The topological polar surface area (TPSA) is 50.4 Å². The Labute approximate surface area is 134 Å². The first-order chi connectivity index (χ1) is 8.47. The van der Waals surface area contributed by atoms with E-state index < -0.39 is 0 Å². The van der Waals surface area contributed by atoms with Crippen LogP contribution in [0.5, 0.6) is 0 Å². The third-order valence-corrected chi connectivity index (χ3v) is 2.63. The predicted molar refractivity (Wildman–Crippen MR) is 94.4 cm³/mol. The highest BCUT2D eigenvalue weighted by atomic mass is 127. The Morgan fingerprint density at radius 1 is 1.21 bits per heavy atom. The van der Waals surface area contributed by atoms with Gasteiger partial charge in [0, 0.05) is 13.1 Å². The minimum absolute atomic E-state index is 0. The lowest BCUT2D eigenvalue weighted by molar-refractivity contribution is 0.661. The lowest BCUT2D eigenvalue weighted by Crippen LogP contribution is -2.33. The highest BCUT2D eigenvalue weighted by molar-refractivity contribution is 14.0. The van der Waals surface area contributed by atoms with Gasteiger partial charge in [0.25, 0.3) is 0 Å². The molecule has 1 aromatic carbocycles. The first-order valence-corrected chi connectivity index (χ1v) is 6.58. The molecule has 0 radical (unpaired) electrons. The van der Waals surface area contributed by atoms with Crippen LogP contribution >= 0.6 is 24.0 Å². The van der Waals surface area contributed by atoms with Crippen LogP contribution in [0.15, 0.2) is 23.2 Å². The van der Waals surface area contributed by atoms with Gasteiger partial charge in [0.05, 0.1) is 0 Å². The highest BCUT2D eigenvalue weighted by Crippen LogP contribution is 2.08. The van der Waals surface area contributed by atoms with E-state index in [2.05, 4.69) is 56.2 Å². The van der Waals surface area contributed by atoms with E-state index in [1.165, 1.54) is 16.7 Å². The minimum atomic E-state index is 0. The van der Waals surface area contributed by atoms with Crippen molar-refractivity contribution in [2.45, 2.75) is 34.1 Å². The van der Waals surface area contributed by atoms with Crippen LogP contribution in [0.1, 0.15) is 30.5 Å². The van der Waals surface area contributed by atoms with E-state index in [9.17, 15) is 0 Å². The van der Waals surface area contributed by atoms with Gasteiger partial charge < -0.3 is 11.1 Å². The second-order valence-corrected chi connectivity index (χ2v) is 5.29. The molecule has 4 heteroatoms. The molecule has 19 heavy (non-hydrogen) atoms. The Balaban J connectivity index is 0.00000324. The molecule has 0 spiro atoms. The van der Waals surface area contributed by atoms with Gasteiger partial charge in [0.1, 0.15) is 0 Å². The van der Waals surface area contributed by atoms with Crippen molar-refractivity contribution in [2.24, 2.45) is 16.6 Å². The fourth-order valence-electron chi connectivity index (χ4n) is 1.89. The molecular weight excluding hydrogens is 349 g/mol. The summed E-state index contributed by atoms with van der Waals surface area (Å²) in [4.78, 5) is 4.27. The van der Waals surface area contributed by atoms with Gasteiger partial charge in [-0.3, -0.25) is 4.99 Å². The molecule has 0 saturated carbocycles. The molecule has 1 rings (SSSR count). The molecule has 0 bridgehead atoms. The molecule has 3 nitrogen and oxygen atoms in total. The van der Waals surface area contributed by atoms with Crippen LogP contribution in [0.25, 0.3) is 0 Å². The molecule has 0 saturated heterocycles. The van der Waals surface area contributed by atoms with Gasteiger partial charge in [0.15, 0.2) is 5.96 Å². The molecule has 0 unspecified atom stereocenters. The SMILES string of the molecule is Cc1cc(C)cc(CCNC(N)=NCC(C)C)c1.I. The normalized spacial score (nSPS) is 11.3. The van der Waals surface area contributed by atoms with Crippen molar-refractivity contribution in [1.29, 1.82) is 0 Å². The quantitative estimate of drug-likeness (QED) is 0.472. The van der Waals surface area contributed by atoms with Gasteiger partial charge in [0.2, 0.25) is 0 Å². The van der Waals surface area contributed by atoms with E-state index in [-0.39, 0.29) is 24.0 Å². The summed E-state index contributed by atoms with van der Waals surface area (Å²) >= 11 is 0. The molecule has 0 aliphatic carbocycles. The number of benzene rings is 1. The smallest absolute Gasteiger partial charge is 0.188 e. The average molecular weight is 375 g/mol. The molecule has 0 heterocycles. The largest absolute Gasteiger partial charge is 0.370 e. The van der Waals surface area contributed by atoms with Crippen LogP contribution in [0, 0.1) is 19.8 Å². The number of guanidine groups is 1. The number of aryl methyl sites for hydroxylation is 2. The van der Waals surface area contributed by atoms with E-state index in [1.54, 1.807) is 0 Å². The van der Waals surface area contributed by atoms with Crippen molar-refractivity contribution in [1.82, 2.24) is 5.32 Å². The maximum Gasteiger partial charge on any atom is 0.188 e. The number of hydrogen-bond acceptors (Lipinski definition) is 1. The van der Waals surface area contributed by atoms with Crippen molar-refractivity contribution in [2.75, 3.05) is 13.1 Å². The molecule has 0 atom stereocenters. The highest BCUT2D eigenvalue weighted by Gasteiger charge is 1.97. The Morgan fingerprint density at radius 2 is 1.79 bits per heavy atom. The molecule has 0 aromatic heterocycles. The summed E-state index contributed by atoms with van der Waals surface area (Å²) in [6, 6.07) is 6.63. The van der Waals surface area contributed by atoms with Gasteiger partial charge in [-0.1, -0.05) is 43.2 Å². The van der Waals surface area contributed by atoms with Gasteiger partial charge in [-0.15, -0.1) is 24.0 Å². The summed E-state index contributed by atoms with van der Waals surface area (Å²) in [5.74, 6) is 1.10. The van der Waals surface area contributed by atoms with Crippen LogP contribution in [-0.2, 0) is 6.42 Å². The van der Waals surface area contributed by atoms with Crippen LogP contribution in [0.4, 0.5) is 0 Å². The maximum atomic E-state index is 5.78. The third-order valence-electron chi connectivity index (χ3n) is 2.63. The van der Waals surface area contributed by atoms with E-state index in [0.29, 0.717) is 11.9 Å². The monoisotopic (exact) mass is 375 g/mol. The molecule has 0 aliphatic rings. The third kappa shape index (κ3) is 8.08. The maximum absolute atomic E-state index is 5.78. The zero-order valence-electron chi connectivity index (χ0n) is 12.4. The Bertz CT molecular complexity index is 394. The fourth-order valence-corrected chi connectivity index (χ4v) is 1.89. The van der Waals surface area contributed by atoms with Crippen molar-refractivity contribution in [3.8, 4) is 0 Å². The predicted octanol–water partition coefficient (Wildman–Crippen LogP) is 3.02. The van der Waals surface area contributed by atoms with E-state index in [1.807, 2.05) is 0 Å². The van der Waals surface area contributed by atoms with Crippen molar-refractivity contribution in [3.05, 3.63) is 34.9 Å². The van der Waals surface area contributed by atoms with Gasteiger partial charge >= 0.3 is 0 Å². The Morgan fingerprint density at radius 3 is 2.32 bits per heavy atom. The van der Waals surface area contributed by atoms with Crippen LogP contribution < -0.4 is 11.1 Å². The number of rotatable bonds is 5. The standard InChI is InChI=1S/C15H25N3.HI/c1-11(2)10-18-15(16)17-6-5-14-8-12(3)7-13(4)9-14;/h7-9,11H,5-6,10H2,1-4H3,(H3,16,17,18);1H. The van der Waals surface area contributed by atoms with Gasteiger partial charge in [-0.2, -0.15) is 0 Å². The second-order valence-electron chi connectivity index (χ2n) is 5.29. The lowest BCUT2D eigenvalue weighted by Gasteiger charge is -2.08. The summed E-state index contributed by atoms with van der Waals surface area (Å²) in [5, 5.41) is 3.15. The van der Waals surface area contributed by atoms with E-state index >= 15 is 0 Å². The summed E-state index contributed by atoms with van der Waals surface area (Å²) in [7, 11) is 0. The van der Waals surface area contributed by atoms with Crippen molar-refractivity contribution < 1.29 is 0 Å². The lowest BCUT2D eigenvalue weighted by atomic mass is 10.1. The van der Waals surface area contributed by atoms with Crippen molar-refractivity contribution >= 4 is 29.9 Å². The van der Waals surface area contributed by atoms with Crippen LogP contribution in [0.3, 0.4) is 0 Å². The number of nitrogens with two attached hydrogens (primary N) is 1. The Kier molecular flexibility index (Phi) is 8.80. The van der Waals surface area contributed by atoms with Crippen molar-refractivity contribution in [3.63, 3.8) is 0 Å². The molecule has 3 N–H and O–H groups in total. The molecule has 108 valence electrons. The number of nitrogens with zero attached hydrogens (tertiary/aromatic N) is 1. The molecule has 0 amide bonds. The molecule has 0 aliphatic heterocycles. The average Bonchev–Trinajstić information content (AvgIpc) is 2.25. The molecular formula is C15H26IN3. The summed E-state index contributed by atoms with van der Waals surface area (Å²) in [6.45, 7) is 10.1. The molecule has 0 fully saturated rings. The summed E-state index contributed by atoms with van der Waals surface area (Å²) < 4.78 is 0. The number of halogens is 1. The summed E-state index contributed by atoms with van der Waals surface area (Å²) in [6.07, 6.45) is 0.973. The fraction of sp³-hybridized carbons (Fsp3) is 0.533. The number of aliphatic imine (C=N–C) groups is 1. The number of nitrogens with one attached hydrogen (secondary N) is 1. The van der Waals surface area contributed by atoms with Crippen LogP contribution in [-0.4, -0.2) is 19.0 Å². The zero-order valence-corrected chi connectivity index (χ0v) is 14.7. The molecule has 1 aromatic rings. The number of hydrogen-bond donors (Lipinski definition) is 2. The first-order valence-electron chi connectivity index (χ1n) is 6.58. The van der Waals surface area contributed by atoms with Gasteiger partial charge in [-0.05, 0) is 31.7 Å². The van der Waals surface area contributed by atoms with Gasteiger partial charge in [-0.25, -0.2) is 0 Å². The van der Waals surface area contributed by atoms with Crippen LogP contribution in [0.2, 0.25) is 0 Å². The Hall–Kier alpha value is -0.780. The zero-order chi connectivity index (χ0) is 13.5. The minimum Gasteiger partial charge on any atom is -0.370 e.